The SMILES string of the molecule is CCNC(=O)C(C)(C)CNc1ccc(C(=O)OC)c(C)n1. The number of carbonyl (C=O) groups excluding carboxylic acids is 2. The second kappa shape index (κ2) is 7.06. The molecule has 0 spiro atoms. The molecule has 1 aromatic rings. The number of anilines is 1. The molecule has 2 N–H and O–H groups in total. The third-order valence-corrected chi connectivity index (χ3v) is 3.15. The molecule has 0 aromatic carbocycles. The highest BCUT2D eigenvalue weighted by Gasteiger charge is 2.27. The van der Waals surface area contributed by atoms with Crippen LogP contribution in [0.4, 0.5) is 5.82 Å². The van der Waals surface area contributed by atoms with Crippen LogP contribution < -0.4 is 10.6 Å². The van der Waals surface area contributed by atoms with Gasteiger partial charge in [-0.1, -0.05) is 0 Å². The van der Waals surface area contributed by atoms with Crippen molar-refractivity contribution in [2.45, 2.75) is 27.7 Å². The van der Waals surface area contributed by atoms with Gasteiger partial charge in [0.2, 0.25) is 5.91 Å². The van der Waals surface area contributed by atoms with E-state index in [2.05, 4.69) is 20.4 Å². The van der Waals surface area contributed by atoms with Crippen molar-refractivity contribution in [1.29, 1.82) is 0 Å². The average Bonchev–Trinajstić information content (AvgIpc) is 2.44. The van der Waals surface area contributed by atoms with Crippen LogP contribution in [-0.4, -0.2) is 37.1 Å². The Morgan fingerprint density at radius 1 is 1.33 bits per heavy atom. The van der Waals surface area contributed by atoms with E-state index in [1.54, 1.807) is 19.1 Å². The summed E-state index contributed by atoms with van der Waals surface area (Å²) in [6.45, 7) is 8.40. The van der Waals surface area contributed by atoms with Crippen LogP contribution in [0.3, 0.4) is 0 Å². The summed E-state index contributed by atoms with van der Waals surface area (Å²) in [7, 11) is 1.34. The van der Waals surface area contributed by atoms with E-state index in [4.69, 9.17) is 0 Å². The van der Waals surface area contributed by atoms with Gasteiger partial charge in [0.05, 0.1) is 23.8 Å². The summed E-state index contributed by atoms with van der Waals surface area (Å²) in [6, 6.07) is 3.36. The Labute approximate surface area is 125 Å². The molecular weight excluding hydrogens is 270 g/mol. The van der Waals surface area contributed by atoms with Crippen LogP contribution in [-0.2, 0) is 9.53 Å². The van der Waals surface area contributed by atoms with Gasteiger partial charge in [0, 0.05) is 13.1 Å². The largest absolute Gasteiger partial charge is 0.465 e. The molecule has 1 amide bonds. The Morgan fingerprint density at radius 3 is 2.52 bits per heavy atom. The highest BCUT2D eigenvalue weighted by Crippen LogP contribution is 2.17. The number of aryl methyl sites for hydroxylation is 1. The van der Waals surface area contributed by atoms with E-state index in [0.717, 1.165) is 0 Å². The van der Waals surface area contributed by atoms with Crippen LogP contribution in [0, 0.1) is 12.3 Å². The molecule has 0 radical (unpaired) electrons. The van der Waals surface area contributed by atoms with Crippen molar-refractivity contribution in [3.8, 4) is 0 Å². The van der Waals surface area contributed by atoms with Gasteiger partial charge in [0.15, 0.2) is 0 Å². The number of methoxy groups -OCH3 is 1. The first-order valence-electron chi connectivity index (χ1n) is 6.90. The number of amides is 1. The number of rotatable bonds is 6. The van der Waals surface area contributed by atoms with E-state index >= 15 is 0 Å². The lowest BCUT2D eigenvalue weighted by Gasteiger charge is -2.24. The number of carbonyl (C=O) groups is 2. The molecule has 6 nitrogen and oxygen atoms in total. The van der Waals surface area contributed by atoms with Gasteiger partial charge >= 0.3 is 5.97 Å². The summed E-state index contributed by atoms with van der Waals surface area (Å²) < 4.78 is 4.68. The highest BCUT2D eigenvalue weighted by molar-refractivity contribution is 5.90. The minimum Gasteiger partial charge on any atom is -0.465 e. The lowest BCUT2D eigenvalue weighted by molar-refractivity contribution is -0.128. The van der Waals surface area contributed by atoms with Crippen molar-refractivity contribution in [2.24, 2.45) is 5.41 Å². The predicted molar refractivity (Wildman–Crippen MR) is 81.3 cm³/mol. The smallest absolute Gasteiger partial charge is 0.339 e. The summed E-state index contributed by atoms with van der Waals surface area (Å²) in [5, 5.41) is 5.93. The van der Waals surface area contributed by atoms with Gasteiger partial charge in [0.25, 0.3) is 0 Å². The van der Waals surface area contributed by atoms with Gasteiger partial charge in [-0.15, -0.1) is 0 Å². The topological polar surface area (TPSA) is 80.3 Å². The highest BCUT2D eigenvalue weighted by atomic mass is 16.5. The second-order valence-electron chi connectivity index (χ2n) is 5.42. The number of nitrogens with zero attached hydrogens (tertiary/aromatic N) is 1. The number of nitrogens with one attached hydrogen (secondary N) is 2. The van der Waals surface area contributed by atoms with Crippen molar-refractivity contribution in [3.63, 3.8) is 0 Å². The third-order valence-electron chi connectivity index (χ3n) is 3.15. The van der Waals surface area contributed by atoms with Crippen molar-refractivity contribution >= 4 is 17.7 Å². The van der Waals surface area contributed by atoms with Crippen LogP contribution in [0.15, 0.2) is 12.1 Å². The van der Waals surface area contributed by atoms with E-state index in [9.17, 15) is 9.59 Å². The third kappa shape index (κ3) is 4.44. The second-order valence-corrected chi connectivity index (χ2v) is 5.42. The Kier molecular flexibility index (Phi) is 5.69. The van der Waals surface area contributed by atoms with E-state index in [1.807, 2.05) is 20.8 Å². The van der Waals surface area contributed by atoms with Gasteiger partial charge < -0.3 is 15.4 Å². The molecular formula is C15H23N3O3. The van der Waals surface area contributed by atoms with Crippen molar-refractivity contribution < 1.29 is 14.3 Å². The van der Waals surface area contributed by atoms with Gasteiger partial charge in [-0.3, -0.25) is 4.79 Å². The Morgan fingerprint density at radius 2 is 2.00 bits per heavy atom. The zero-order valence-corrected chi connectivity index (χ0v) is 13.2. The fourth-order valence-electron chi connectivity index (χ4n) is 1.78. The molecule has 116 valence electrons. The fourth-order valence-corrected chi connectivity index (χ4v) is 1.78. The number of hydrogen-bond donors (Lipinski definition) is 2. The normalized spacial score (nSPS) is 10.9. The Bertz CT molecular complexity index is 527. The molecule has 0 saturated heterocycles. The van der Waals surface area contributed by atoms with E-state index in [1.165, 1.54) is 7.11 Å². The van der Waals surface area contributed by atoms with Crippen LogP contribution in [0.25, 0.3) is 0 Å². The standard InChI is InChI=1S/C15H23N3O3/c1-6-16-14(20)15(3,4)9-17-12-8-7-11(10(2)18-12)13(19)21-5/h7-8H,6,9H2,1-5H3,(H,16,20)(H,17,18). The molecule has 0 aliphatic carbocycles. The van der Waals surface area contributed by atoms with Gasteiger partial charge in [-0.05, 0) is 39.8 Å². The van der Waals surface area contributed by atoms with Crippen LogP contribution in [0.1, 0.15) is 36.8 Å². The summed E-state index contributed by atoms with van der Waals surface area (Å²) in [6.07, 6.45) is 0. The van der Waals surface area contributed by atoms with Crippen molar-refractivity contribution in [1.82, 2.24) is 10.3 Å². The molecule has 0 unspecified atom stereocenters. The zero-order valence-electron chi connectivity index (χ0n) is 13.2. The number of esters is 1. The molecule has 1 aromatic heterocycles. The van der Waals surface area contributed by atoms with E-state index in [0.29, 0.717) is 30.2 Å². The molecule has 0 aliphatic rings. The van der Waals surface area contributed by atoms with Crippen LogP contribution in [0.5, 0.6) is 0 Å². The van der Waals surface area contributed by atoms with E-state index in [-0.39, 0.29) is 5.91 Å². The molecule has 0 bridgehead atoms. The molecule has 1 rings (SSSR count). The number of aromatic nitrogens is 1. The monoisotopic (exact) mass is 293 g/mol. The Hall–Kier alpha value is -2.11. The maximum absolute atomic E-state index is 11.9. The Balaban J connectivity index is 2.74. The van der Waals surface area contributed by atoms with Crippen LogP contribution >= 0.6 is 0 Å². The molecule has 1 heterocycles. The van der Waals surface area contributed by atoms with Gasteiger partial charge in [-0.25, -0.2) is 9.78 Å². The number of ether oxygens (including phenoxy) is 1. The zero-order chi connectivity index (χ0) is 16.0. The molecule has 0 aliphatic heterocycles. The fraction of sp³-hybridized carbons (Fsp3) is 0.533. The number of pyridine rings is 1. The van der Waals surface area contributed by atoms with Crippen molar-refractivity contribution in [2.75, 3.05) is 25.5 Å². The van der Waals surface area contributed by atoms with Crippen LogP contribution in [0.2, 0.25) is 0 Å². The first-order chi connectivity index (χ1) is 9.81. The quantitative estimate of drug-likeness (QED) is 0.781. The first kappa shape index (κ1) is 16.9. The molecule has 0 fully saturated rings. The summed E-state index contributed by atoms with van der Waals surface area (Å²) in [4.78, 5) is 27.7. The molecule has 0 saturated carbocycles. The average molecular weight is 293 g/mol. The summed E-state index contributed by atoms with van der Waals surface area (Å²) in [5.41, 5.74) is 0.473. The maximum Gasteiger partial charge on any atom is 0.339 e. The summed E-state index contributed by atoms with van der Waals surface area (Å²) in [5.74, 6) is 0.201. The lowest BCUT2D eigenvalue weighted by Crippen LogP contribution is -2.41. The lowest BCUT2D eigenvalue weighted by atomic mass is 9.92. The predicted octanol–water partition coefficient (Wildman–Crippen LogP) is 1.75. The van der Waals surface area contributed by atoms with Crippen molar-refractivity contribution in [3.05, 3.63) is 23.4 Å². The molecule has 21 heavy (non-hydrogen) atoms. The van der Waals surface area contributed by atoms with Gasteiger partial charge in [-0.2, -0.15) is 0 Å². The van der Waals surface area contributed by atoms with Gasteiger partial charge in [0.1, 0.15) is 5.82 Å². The first-order valence-corrected chi connectivity index (χ1v) is 6.90. The molecule has 6 heteroatoms. The minimum atomic E-state index is -0.549. The molecule has 0 atom stereocenters. The number of hydrogen-bond acceptors (Lipinski definition) is 5. The van der Waals surface area contributed by atoms with E-state index < -0.39 is 11.4 Å². The minimum absolute atomic E-state index is 0.0135. The summed E-state index contributed by atoms with van der Waals surface area (Å²) >= 11 is 0. The maximum atomic E-state index is 11.9.